The summed E-state index contributed by atoms with van der Waals surface area (Å²) in [5.74, 6) is 0.366. The van der Waals surface area contributed by atoms with Gasteiger partial charge in [0.2, 0.25) is 6.29 Å². The van der Waals surface area contributed by atoms with E-state index in [9.17, 15) is 0 Å². The van der Waals surface area contributed by atoms with Gasteiger partial charge in [0.1, 0.15) is 4.62 Å². The van der Waals surface area contributed by atoms with Crippen molar-refractivity contribution >= 4 is 20.6 Å². The Kier molecular flexibility index (Phi) is 1.23. The van der Waals surface area contributed by atoms with Gasteiger partial charge in [0, 0.05) is 0 Å². The summed E-state index contributed by atoms with van der Waals surface area (Å²) in [6.45, 7) is 0.792. The monoisotopic (exact) mass is 191 g/mol. The maximum Gasteiger partial charge on any atom is 0.236 e. The average molecular weight is 192 g/mol. The zero-order valence-corrected chi connectivity index (χ0v) is 6.30. The highest BCUT2D eigenvalue weighted by atomic mass is 79.9. The molecule has 0 spiro atoms. The zero-order valence-electron chi connectivity index (χ0n) is 4.71. The summed E-state index contributed by atoms with van der Waals surface area (Å²) >= 11 is 3.29. The molecule has 0 aromatic rings. The largest absolute Gasteiger partial charge is 0.362 e. The summed E-state index contributed by atoms with van der Waals surface area (Å²) < 4.78 is 6.07. The van der Waals surface area contributed by atoms with E-state index >= 15 is 0 Å². The van der Waals surface area contributed by atoms with Crippen LogP contribution < -0.4 is 0 Å². The molecule has 0 N–H and O–H groups in total. The van der Waals surface area contributed by atoms with Crippen molar-refractivity contribution in [3.8, 4) is 0 Å². The van der Waals surface area contributed by atoms with Crippen molar-refractivity contribution in [2.75, 3.05) is 6.61 Å². The standard InChI is InChI=1S/C5H6BrNO2/c6-4-3-1-2-8-5(3)9-7-4/h3,5H,1-2H2. The number of rotatable bonds is 0. The van der Waals surface area contributed by atoms with Gasteiger partial charge in [0.15, 0.2) is 0 Å². The molecule has 2 aliphatic rings. The van der Waals surface area contributed by atoms with Crippen molar-refractivity contribution in [3.63, 3.8) is 0 Å². The van der Waals surface area contributed by atoms with Gasteiger partial charge in [0.05, 0.1) is 12.5 Å². The van der Waals surface area contributed by atoms with Crippen LogP contribution in [0, 0.1) is 5.92 Å². The topological polar surface area (TPSA) is 30.8 Å². The van der Waals surface area contributed by atoms with Crippen LogP contribution in [0.15, 0.2) is 5.16 Å². The molecule has 2 unspecified atom stereocenters. The molecule has 1 fully saturated rings. The van der Waals surface area contributed by atoms with Gasteiger partial charge in [-0.25, -0.2) is 0 Å². The van der Waals surface area contributed by atoms with Crippen LogP contribution in [-0.2, 0) is 9.57 Å². The van der Waals surface area contributed by atoms with Gasteiger partial charge in [-0.05, 0) is 22.4 Å². The molecular formula is C5H6BrNO2. The molecule has 50 valence electrons. The predicted octanol–water partition coefficient (Wildman–Crippen LogP) is 1.09. The van der Waals surface area contributed by atoms with Crippen molar-refractivity contribution in [1.82, 2.24) is 0 Å². The Bertz CT molecular complexity index is 159. The molecule has 2 aliphatic heterocycles. The average Bonchev–Trinajstić information content (AvgIpc) is 2.35. The maximum absolute atomic E-state index is 5.18. The molecule has 2 rings (SSSR count). The number of oxime groups is 1. The Morgan fingerprint density at radius 2 is 2.56 bits per heavy atom. The molecule has 4 heteroatoms. The molecule has 0 radical (unpaired) electrons. The van der Waals surface area contributed by atoms with E-state index in [0.29, 0.717) is 5.92 Å². The van der Waals surface area contributed by atoms with Gasteiger partial charge < -0.3 is 9.57 Å². The highest BCUT2D eigenvalue weighted by molar-refractivity contribution is 9.18. The minimum absolute atomic E-state index is 0.0978. The van der Waals surface area contributed by atoms with E-state index in [1.807, 2.05) is 0 Å². The normalized spacial score (nSPS) is 39.9. The van der Waals surface area contributed by atoms with Crippen molar-refractivity contribution in [3.05, 3.63) is 0 Å². The molecule has 0 amide bonds. The van der Waals surface area contributed by atoms with Gasteiger partial charge >= 0.3 is 0 Å². The summed E-state index contributed by atoms with van der Waals surface area (Å²) in [4.78, 5) is 4.91. The first kappa shape index (κ1) is 5.68. The molecule has 0 bridgehead atoms. The first-order valence-corrected chi connectivity index (χ1v) is 3.68. The Balaban J connectivity index is 2.16. The molecule has 0 aliphatic carbocycles. The third-order valence-electron chi connectivity index (χ3n) is 1.59. The Morgan fingerprint density at radius 1 is 1.67 bits per heavy atom. The molecule has 2 atom stereocenters. The van der Waals surface area contributed by atoms with Crippen LogP contribution in [0.1, 0.15) is 6.42 Å². The molecular weight excluding hydrogens is 186 g/mol. The van der Waals surface area contributed by atoms with Gasteiger partial charge in [-0.3, -0.25) is 0 Å². The smallest absolute Gasteiger partial charge is 0.236 e. The van der Waals surface area contributed by atoms with Crippen molar-refractivity contribution in [2.45, 2.75) is 12.7 Å². The SMILES string of the molecule is BrC1=NOC2OCCC12. The third kappa shape index (κ3) is 0.773. The number of halogens is 1. The number of hydrogen-bond donors (Lipinski definition) is 0. The fourth-order valence-corrected chi connectivity index (χ4v) is 1.60. The van der Waals surface area contributed by atoms with Crippen LogP contribution in [0.3, 0.4) is 0 Å². The molecule has 0 aromatic heterocycles. The van der Waals surface area contributed by atoms with E-state index in [0.717, 1.165) is 17.6 Å². The Morgan fingerprint density at radius 3 is 3.33 bits per heavy atom. The summed E-state index contributed by atoms with van der Waals surface area (Å²) in [5, 5.41) is 3.73. The van der Waals surface area contributed by atoms with E-state index < -0.39 is 0 Å². The van der Waals surface area contributed by atoms with E-state index in [2.05, 4.69) is 21.1 Å². The van der Waals surface area contributed by atoms with Gasteiger partial charge in [-0.2, -0.15) is 0 Å². The van der Waals surface area contributed by atoms with E-state index in [4.69, 9.17) is 9.57 Å². The lowest BCUT2D eigenvalue weighted by atomic mass is 10.1. The minimum atomic E-state index is -0.0978. The molecule has 9 heavy (non-hydrogen) atoms. The second-order valence-corrected chi connectivity index (χ2v) is 2.97. The molecule has 0 saturated carbocycles. The van der Waals surface area contributed by atoms with Crippen molar-refractivity contribution in [1.29, 1.82) is 0 Å². The highest BCUT2D eigenvalue weighted by Crippen LogP contribution is 2.30. The van der Waals surface area contributed by atoms with Gasteiger partial charge in [-0.1, -0.05) is 5.16 Å². The summed E-state index contributed by atoms with van der Waals surface area (Å²) in [6, 6.07) is 0. The molecule has 2 heterocycles. The molecule has 1 saturated heterocycles. The Labute approximate surface area is 61.1 Å². The summed E-state index contributed by atoms with van der Waals surface area (Å²) in [6.07, 6.45) is 0.925. The minimum Gasteiger partial charge on any atom is -0.362 e. The highest BCUT2D eigenvalue weighted by Gasteiger charge is 2.37. The van der Waals surface area contributed by atoms with Crippen LogP contribution in [0.2, 0.25) is 0 Å². The second kappa shape index (κ2) is 1.95. The number of nitrogens with zero attached hydrogens (tertiary/aromatic N) is 1. The molecule has 3 nitrogen and oxygen atoms in total. The van der Waals surface area contributed by atoms with Crippen molar-refractivity contribution in [2.24, 2.45) is 11.1 Å². The first-order valence-electron chi connectivity index (χ1n) is 2.89. The second-order valence-electron chi connectivity index (χ2n) is 2.15. The van der Waals surface area contributed by atoms with E-state index in [1.165, 1.54) is 0 Å². The number of ether oxygens (including phenoxy) is 1. The first-order chi connectivity index (χ1) is 4.38. The van der Waals surface area contributed by atoms with Crippen LogP contribution in [0.4, 0.5) is 0 Å². The number of hydrogen-bond acceptors (Lipinski definition) is 3. The fourth-order valence-electron chi connectivity index (χ4n) is 1.07. The van der Waals surface area contributed by atoms with E-state index in [-0.39, 0.29) is 6.29 Å². The van der Waals surface area contributed by atoms with Crippen LogP contribution >= 0.6 is 15.9 Å². The van der Waals surface area contributed by atoms with Crippen LogP contribution in [0.5, 0.6) is 0 Å². The maximum atomic E-state index is 5.18. The van der Waals surface area contributed by atoms with Gasteiger partial charge in [0.25, 0.3) is 0 Å². The predicted molar refractivity (Wildman–Crippen MR) is 35.3 cm³/mol. The molecule has 0 aromatic carbocycles. The lowest BCUT2D eigenvalue weighted by Crippen LogP contribution is -2.14. The quantitative estimate of drug-likeness (QED) is 0.575. The fraction of sp³-hybridized carbons (Fsp3) is 0.800. The van der Waals surface area contributed by atoms with Crippen LogP contribution in [0.25, 0.3) is 0 Å². The lowest BCUT2D eigenvalue weighted by Gasteiger charge is -2.02. The van der Waals surface area contributed by atoms with Crippen molar-refractivity contribution < 1.29 is 9.57 Å². The summed E-state index contributed by atoms with van der Waals surface area (Å²) in [5.41, 5.74) is 0. The summed E-state index contributed by atoms with van der Waals surface area (Å²) in [7, 11) is 0. The Hall–Kier alpha value is -0.0900. The lowest BCUT2D eigenvalue weighted by molar-refractivity contribution is -0.106. The third-order valence-corrected chi connectivity index (χ3v) is 2.32. The zero-order chi connectivity index (χ0) is 6.27. The van der Waals surface area contributed by atoms with Crippen LogP contribution in [-0.4, -0.2) is 17.5 Å². The number of fused-ring (bicyclic) bond motifs is 1. The van der Waals surface area contributed by atoms with Gasteiger partial charge in [-0.15, -0.1) is 0 Å². The van der Waals surface area contributed by atoms with E-state index in [1.54, 1.807) is 0 Å².